The van der Waals surface area contributed by atoms with E-state index < -0.39 is 0 Å². The summed E-state index contributed by atoms with van der Waals surface area (Å²) in [6.45, 7) is 6.05. The lowest BCUT2D eigenvalue weighted by molar-refractivity contribution is -0.128. The molecule has 0 amide bonds. The number of nitrogens with two attached hydrogens (primary N) is 1. The van der Waals surface area contributed by atoms with Gasteiger partial charge >= 0.3 is 6.47 Å². The van der Waals surface area contributed by atoms with Gasteiger partial charge in [-0.3, -0.25) is 4.79 Å². The number of aliphatic hydroxyl groups excluding tert-OH is 1. The first-order valence-corrected chi connectivity index (χ1v) is 8.99. The number of benzene rings is 2. The zero-order valence-corrected chi connectivity index (χ0v) is 16.5. The fourth-order valence-electron chi connectivity index (χ4n) is 2.81. The molecule has 0 fully saturated rings. The van der Waals surface area contributed by atoms with E-state index in [0.717, 1.165) is 16.7 Å². The van der Waals surface area contributed by atoms with E-state index in [-0.39, 0.29) is 24.2 Å². The van der Waals surface area contributed by atoms with E-state index in [4.69, 9.17) is 15.7 Å². The Morgan fingerprint density at radius 1 is 1.34 bits per heavy atom. The van der Waals surface area contributed by atoms with Gasteiger partial charge in [-0.2, -0.15) is 5.26 Å². The van der Waals surface area contributed by atoms with Crippen molar-refractivity contribution < 1.29 is 19.5 Å². The van der Waals surface area contributed by atoms with Gasteiger partial charge in [0.25, 0.3) is 0 Å². The molecule has 2 aromatic carbocycles. The first-order valence-electron chi connectivity index (χ1n) is 8.99. The third kappa shape index (κ3) is 5.59. The number of ether oxygens (including phenoxy) is 1. The number of rotatable bonds is 5. The van der Waals surface area contributed by atoms with Crippen molar-refractivity contribution in [3.63, 3.8) is 0 Å². The molecule has 7 nitrogen and oxygen atoms in total. The second kappa shape index (κ2) is 9.95. The molecule has 0 saturated heterocycles. The van der Waals surface area contributed by atoms with Gasteiger partial charge < -0.3 is 20.4 Å². The van der Waals surface area contributed by atoms with Crippen molar-refractivity contribution in [2.24, 2.45) is 10.9 Å². The summed E-state index contributed by atoms with van der Waals surface area (Å²) < 4.78 is 5.47. The lowest BCUT2D eigenvalue weighted by Crippen LogP contribution is -2.16. The fraction of sp³-hybridized carbons (Fsp3) is 0.227. The highest BCUT2D eigenvalue weighted by atomic mass is 16.7. The van der Waals surface area contributed by atoms with Crippen molar-refractivity contribution in [3.05, 3.63) is 70.3 Å². The largest absolute Gasteiger partial charge is 0.508 e. The molecular formula is C22H23N3O4. The first kappa shape index (κ1) is 21.5. The zero-order valence-electron chi connectivity index (χ0n) is 16.5. The molecule has 0 radical (unpaired) electrons. The number of hydrogen-bond donors (Lipinski definition) is 2. The molecule has 0 heterocycles. The minimum absolute atomic E-state index is 0.106. The van der Waals surface area contributed by atoms with Gasteiger partial charge in [0, 0.05) is 11.1 Å². The summed E-state index contributed by atoms with van der Waals surface area (Å²) in [5, 5.41) is 21.8. The van der Waals surface area contributed by atoms with Crippen LogP contribution in [0.3, 0.4) is 0 Å². The van der Waals surface area contributed by atoms with Crippen LogP contribution in [0.1, 0.15) is 41.7 Å². The first-order chi connectivity index (χ1) is 13.9. The summed E-state index contributed by atoms with van der Waals surface area (Å²) in [4.78, 5) is 14.2. The Morgan fingerprint density at radius 3 is 2.76 bits per heavy atom. The monoisotopic (exact) mass is 393 g/mol. The Labute approximate surface area is 169 Å². The Bertz CT molecular complexity index is 988. The van der Waals surface area contributed by atoms with Crippen LogP contribution in [-0.2, 0) is 16.1 Å². The van der Waals surface area contributed by atoms with Gasteiger partial charge in [0.2, 0.25) is 0 Å². The minimum Gasteiger partial charge on any atom is -0.508 e. The summed E-state index contributed by atoms with van der Waals surface area (Å²) in [6.07, 6.45) is 2.39. The van der Waals surface area contributed by atoms with Crippen LogP contribution in [0.25, 0.3) is 5.76 Å². The van der Waals surface area contributed by atoms with E-state index >= 15 is 0 Å². The molecule has 0 atom stereocenters. The predicted octanol–water partition coefficient (Wildman–Crippen LogP) is 3.59. The van der Waals surface area contributed by atoms with Gasteiger partial charge in [-0.1, -0.05) is 29.4 Å². The van der Waals surface area contributed by atoms with Gasteiger partial charge in [0.15, 0.2) is 5.84 Å². The van der Waals surface area contributed by atoms with Crippen molar-refractivity contribution in [1.82, 2.24) is 0 Å². The number of carbonyl (C=O) groups is 1. The molecule has 3 rings (SSSR count). The molecule has 1 aliphatic rings. The van der Waals surface area contributed by atoms with Crippen LogP contribution in [-0.4, -0.2) is 23.5 Å². The number of allylic oxidation sites excluding steroid dienone is 1. The van der Waals surface area contributed by atoms with E-state index in [1.54, 1.807) is 24.3 Å². The summed E-state index contributed by atoms with van der Waals surface area (Å²) in [5.74, 6) is 1.02. The van der Waals surface area contributed by atoms with Gasteiger partial charge in [-0.05, 0) is 56.5 Å². The van der Waals surface area contributed by atoms with Crippen LogP contribution in [0, 0.1) is 18.3 Å². The number of carbonyl (C=O) groups excluding carboxylic acids is 1. The molecular weight excluding hydrogens is 370 g/mol. The average molecular weight is 393 g/mol. The Morgan fingerprint density at radius 2 is 2.10 bits per heavy atom. The highest BCUT2D eigenvalue weighted by molar-refractivity contribution is 6.00. The van der Waals surface area contributed by atoms with E-state index in [9.17, 15) is 9.90 Å². The third-order valence-electron chi connectivity index (χ3n) is 4.04. The molecule has 0 bridgehead atoms. The van der Waals surface area contributed by atoms with E-state index in [2.05, 4.69) is 16.1 Å². The predicted molar refractivity (Wildman–Crippen MR) is 110 cm³/mol. The quantitative estimate of drug-likeness (QED) is 0.263. The number of hydrogen-bond acceptors (Lipinski definition) is 6. The van der Waals surface area contributed by atoms with Gasteiger partial charge in [0.05, 0.1) is 11.7 Å². The number of amidine groups is 1. The molecule has 0 saturated carbocycles. The zero-order chi connectivity index (χ0) is 21.4. The smallest absolute Gasteiger partial charge is 0.323 e. The van der Waals surface area contributed by atoms with Crippen molar-refractivity contribution in [2.75, 3.05) is 0 Å². The molecule has 1 aliphatic carbocycles. The van der Waals surface area contributed by atoms with Crippen LogP contribution in [0.2, 0.25) is 0 Å². The number of nitriles is 1. The normalized spacial score (nSPS) is 12.2. The average Bonchev–Trinajstić information content (AvgIpc) is 3.08. The maximum atomic E-state index is 9.99. The van der Waals surface area contributed by atoms with Gasteiger partial charge in [-0.25, -0.2) is 0 Å². The van der Waals surface area contributed by atoms with Crippen LogP contribution in [0.5, 0.6) is 5.75 Å². The SMILES string of the molecule is Cc1ccc(OC(C)C)c(C#N)c1.N/C(=N\OC=O)c1cccc2c1CC=C2O. The second-order valence-electron chi connectivity index (χ2n) is 6.58. The number of nitrogens with zero attached hydrogens (tertiary/aromatic N) is 2. The van der Waals surface area contributed by atoms with Crippen molar-refractivity contribution >= 4 is 18.1 Å². The number of aryl methyl sites for hydroxylation is 1. The maximum Gasteiger partial charge on any atom is 0.323 e. The lowest BCUT2D eigenvalue weighted by Gasteiger charge is -2.10. The fourth-order valence-corrected chi connectivity index (χ4v) is 2.81. The molecule has 29 heavy (non-hydrogen) atoms. The molecule has 7 heteroatoms. The van der Waals surface area contributed by atoms with E-state index in [1.165, 1.54) is 0 Å². The van der Waals surface area contributed by atoms with Crippen molar-refractivity contribution in [1.29, 1.82) is 5.26 Å². The highest BCUT2D eigenvalue weighted by Crippen LogP contribution is 2.28. The van der Waals surface area contributed by atoms with Gasteiger partial charge in [0.1, 0.15) is 17.6 Å². The van der Waals surface area contributed by atoms with Crippen LogP contribution in [0.4, 0.5) is 0 Å². The Balaban J connectivity index is 0.000000212. The molecule has 3 N–H and O–H groups in total. The summed E-state index contributed by atoms with van der Waals surface area (Å²) in [7, 11) is 0. The minimum atomic E-state index is 0.106. The third-order valence-corrected chi connectivity index (χ3v) is 4.04. The molecule has 0 spiro atoms. The molecule has 2 aromatic rings. The second-order valence-corrected chi connectivity index (χ2v) is 6.58. The maximum absolute atomic E-state index is 9.99. The van der Waals surface area contributed by atoms with Crippen LogP contribution < -0.4 is 10.5 Å². The Hall–Kier alpha value is -3.79. The van der Waals surface area contributed by atoms with Crippen LogP contribution >= 0.6 is 0 Å². The van der Waals surface area contributed by atoms with E-state index in [0.29, 0.717) is 23.3 Å². The van der Waals surface area contributed by atoms with Crippen molar-refractivity contribution in [3.8, 4) is 11.8 Å². The number of oxime groups is 1. The highest BCUT2D eigenvalue weighted by Gasteiger charge is 2.18. The summed E-state index contributed by atoms with van der Waals surface area (Å²) in [6, 6.07) is 13.0. The molecule has 0 unspecified atom stereocenters. The number of fused-ring (bicyclic) bond motifs is 1. The standard InChI is InChI=1S/C11H10N2O3.C11H13NO/c12-11(13-16-6-14)9-3-1-2-8-7(9)4-5-10(8)15;1-8(2)13-11-5-4-9(3)6-10(11)7-12/h1-3,5-6,15H,4H2,(H2,12,13);4-6,8H,1-3H3. The molecule has 0 aromatic heterocycles. The Kier molecular flexibility index (Phi) is 7.38. The topological polar surface area (TPSA) is 118 Å². The van der Waals surface area contributed by atoms with Crippen LogP contribution in [0.15, 0.2) is 47.6 Å². The molecule has 0 aliphatic heterocycles. The van der Waals surface area contributed by atoms with Gasteiger partial charge in [-0.15, -0.1) is 0 Å². The lowest BCUT2D eigenvalue weighted by atomic mass is 10.0. The molecule has 150 valence electrons. The summed E-state index contributed by atoms with van der Waals surface area (Å²) in [5.41, 5.74) is 9.63. The van der Waals surface area contributed by atoms with Crippen molar-refractivity contribution in [2.45, 2.75) is 33.3 Å². The van der Waals surface area contributed by atoms with E-state index in [1.807, 2.05) is 39.0 Å². The summed E-state index contributed by atoms with van der Waals surface area (Å²) >= 11 is 0. The number of aliphatic hydroxyl groups is 1.